The van der Waals surface area contributed by atoms with Crippen LogP contribution in [0.2, 0.25) is 0 Å². The van der Waals surface area contributed by atoms with Crippen LogP contribution < -0.4 is 4.74 Å². The van der Waals surface area contributed by atoms with Gasteiger partial charge in [-0.25, -0.2) is 4.79 Å². The Hall–Kier alpha value is -2.33. The van der Waals surface area contributed by atoms with Gasteiger partial charge in [0.2, 0.25) is 0 Å². The predicted octanol–water partition coefficient (Wildman–Crippen LogP) is 2.47. The summed E-state index contributed by atoms with van der Waals surface area (Å²) < 4.78 is 10.1. The Morgan fingerprint density at radius 2 is 1.90 bits per heavy atom. The third-order valence-electron chi connectivity index (χ3n) is 2.85. The van der Waals surface area contributed by atoms with Crippen LogP contribution in [-0.4, -0.2) is 18.2 Å². The zero-order valence-electron chi connectivity index (χ0n) is 11.2. The third-order valence-corrected chi connectivity index (χ3v) is 2.85. The Morgan fingerprint density at radius 3 is 2.60 bits per heavy atom. The van der Waals surface area contributed by atoms with Gasteiger partial charge in [-0.3, -0.25) is 0 Å². The second kappa shape index (κ2) is 6.73. The predicted molar refractivity (Wildman–Crippen MR) is 74.2 cm³/mol. The van der Waals surface area contributed by atoms with Crippen molar-refractivity contribution in [1.29, 1.82) is 0 Å². The quantitative estimate of drug-likeness (QED) is 0.849. The molecule has 0 aliphatic heterocycles. The van der Waals surface area contributed by atoms with Crippen LogP contribution >= 0.6 is 0 Å². The highest BCUT2D eigenvalue weighted by molar-refractivity contribution is 5.76. The van der Waals surface area contributed by atoms with Crippen molar-refractivity contribution in [2.75, 3.05) is 7.11 Å². The minimum absolute atomic E-state index is 0.429. The fraction of sp³-hybridized carbons (Fsp3) is 0.188. The molecule has 2 rings (SSSR count). The van der Waals surface area contributed by atoms with E-state index in [9.17, 15) is 9.90 Å². The number of hydrogen-bond acceptors (Lipinski definition) is 4. The van der Waals surface area contributed by atoms with Crippen molar-refractivity contribution >= 4 is 5.97 Å². The topological polar surface area (TPSA) is 55.8 Å². The van der Waals surface area contributed by atoms with Gasteiger partial charge in [-0.15, -0.1) is 0 Å². The average Bonchev–Trinajstić information content (AvgIpc) is 2.52. The van der Waals surface area contributed by atoms with Gasteiger partial charge in [0.15, 0.2) is 6.10 Å². The molecular formula is C16H16O4. The second-order valence-corrected chi connectivity index (χ2v) is 4.27. The first kappa shape index (κ1) is 14.1. The van der Waals surface area contributed by atoms with Gasteiger partial charge in [-0.2, -0.15) is 0 Å². The molecule has 0 saturated carbocycles. The van der Waals surface area contributed by atoms with E-state index in [2.05, 4.69) is 4.74 Å². The highest BCUT2D eigenvalue weighted by atomic mass is 16.5. The highest BCUT2D eigenvalue weighted by Crippen LogP contribution is 2.21. The molecule has 0 aliphatic carbocycles. The molecule has 0 aliphatic rings. The Kier molecular flexibility index (Phi) is 4.74. The summed E-state index contributed by atoms with van der Waals surface area (Å²) in [6, 6.07) is 16.5. The van der Waals surface area contributed by atoms with E-state index in [-0.39, 0.29) is 0 Å². The zero-order chi connectivity index (χ0) is 14.4. The van der Waals surface area contributed by atoms with E-state index in [4.69, 9.17) is 4.74 Å². The Bertz CT molecular complexity index is 566. The molecule has 1 unspecified atom stereocenters. The lowest BCUT2D eigenvalue weighted by Crippen LogP contribution is -2.13. The molecule has 1 atom stereocenters. The smallest absolute Gasteiger partial charge is 0.339 e. The molecule has 2 aromatic carbocycles. The molecule has 0 spiro atoms. The van der Waals surface area contributed by atoms with E-state index >= 15 is 0 Å². The van der Waals surface area contributed by atoms with Crippen LogP contribution in [0.1, 0.15) is 17.2 Å². The summed E-state index contributed by atoms with van der Waals surface area (Å²) in [6.45, 7) is 0.429. The Balaban J connectivity index is 2.04. The molecule has 0 fully saturated rings. The first-order valence-electron chi connectivity index (χ1n) is 6.23. The lowest BCUT2D eigenvalue weighted by atomic mass is 10.1. The van der Waals surface area contributed by atoms with Crippen molar-refractivity contribution < 1.29 is 19.4 Å². The molecule has 0 radical (unpaired) electrons. The van der Waals surface area contributed by atoms with Gasteiger partial charge < -0.3 is 14.6 Å². The van der Waals surface area contributed by atoms with Gasteiger partial charge in [0, 0.05) is 0 Å². The molecule has 0 amide bonds. The van der Waals surface area contributed by atoms with Crippen molar-refractivity contribution in [3.05, 3.63) is 65.7 Å². The standard InChI is InChI=1S/C16H16O4/c1-19-16(18)15(17)13-8-5-9-14(10-13)20-11-12-6-3-2-4-7-12/h2-10,15,17H,11H2,1H3. The van der Waals surface area contributed by atoms with E-state index in [0.717, 1.165) is 5.56 Å². The summed E-state index contributed by atoms with van der Waals surface area (Å²) in [4.78, 5) is 11.3. The Morgan fingerprint density at radius 1 is 1.15 bits per heavy atom. The van der Waals surface area contributed by atoms with Crippen LogP contribution in [0, 0.1) is 0 Å². The van der Waals surface area contributed by atoms with E-state index in [1.807, 2.05) is 30.3 Å². The van der Waals surface area contributed by atoms with Crippen molar-refractivity contribution in [2.24, 2.45) is 0 Å². The minimum Gasteiger partial charge on any atom is -0.489 e. The number of methoxy groups -OCH3 is 1. The van der Waals surface area contributed by atoms with Crippen LogP contribution in [0.25, 0.3) is 0 Å². The van der Waals surface area contributed by atoms with Gasteiger partial charge in [0.05, 0.1) is 7.11 Å². The normalized spacial score (nSPS) is 11.7. The summed E-state index contributed by atoms with van der Waals surface area (Å²) >= 11 is 0. The van der Waals surface area contributed by atoms with Crippen LogP contribution in [0.3, 0.4) is 0 Å². The number of carbonyl (C=O) groups excluding carboxylic acids is 1. The summed E-state index contributed by atoms with van der Waals surface area (Å²) in [5.74, 6) is -0.0977. The van der Waals surface area contributed by atoms with E-state index in [0.29, 0.717) is 17.9 Å². The number of aliphatic hydroxyl groups is 1. The molecule has 0 bridgehead atoms. The third kappa shape index (κ3) is 3.59. The molecule has 0 saturated heterocycles. The van der Waals surface area contributed by atoms with E-state index in [1.54, 1.807) is 24.3 Å². The van der Waals surface area contributed by atoms with Crippen LogP contribution in [0.15, 0.2) is 54.6 Å². The monoisotopic (exact) mass is 272 g/mol. The summed E-state index contributed by atoms with van der Waals surface area (Å²) in [5.41, 5.74) is 1.49. The number of esters is 1. The van der Waals surface area contributed by atoms with Gasteiger partial charge in [-0.05, 0) is 23.3 Å². The van der Waals surface area contributed by atoms with Crippen molar-refractivity contribution in [1.82, 2.24) is 0 Å². The maximum absolute atomic E-state index is 11.3. The van der Waals surface area contributed by atoms with Crippen LogP contribution in [0.4, 0.5) is 0 Å². The molecule has 4 heteroatoms. The van der Waals surface area contributed by atoms with Gasteiger partial charge in [0.25, 0.3) is 0 Å². The first-order valence-corrected chi connectivity index (χ1v) is 6.23. The number of aliphatic hydroxyl groups excluding tert-OH is 1. The summed E-state index contributed by atoms with van der Waals surface area (Å²) in [6.07, 6.45) is -1.29. The molecule has 0 aromatic heterocycles. The molecular weight excluding hydrogens is 256 g/mol. The fourth-order valence-electron chi connectivity index (χ4n) is 1.76. The molecule has 4 nitrogen and oxygen atoms in total. The van der Waals surface area contributed by atoms with E-state index < -0.39 is 12.1 Å². The number of hydrogen-bond donors (Lipinski definition) is 1. The maximum Gasteiger partial charge on any atom is 0.339 e. The van der Waals surface area contributed by atoms with Gasteiger partial charge >= 0.3 is 5.97 Å². The van der Waals surface area contributed by atoms with Crippen molar-refractivity contribution in [2.45, 2.75) is 12.7 Å². The number of ether oxygens (including phenoxy) is 2. The lowest BCUT2D eigenvalue weighted by molar-refractivity contribution is -0.150. The van der Waals surface area contributed by atoms with Crippen molar-refractivity contribution in [3.8, 4) is 5.75 Å². The number of carbonyl (C=O) groups is 1. The summed E-state index contributed by atoms with van der Waals surface area (Å²) in [5, 5.41) is 9.77. The SMILES string of the molecule is COC(=O)C(O)c1cccc(OCc2ccccc2)c1. The summed E-state index contributed by atoms with van der Waals surface area (Å²) in [7, 11) is 1.24. The molecule has 0 heterocycles. The lowest BCUT2D eigenvalue weighted by Gasteiger charge is -2.11. The number of benzene rings is 2. The average molecular weight is 272 g/mol. The van der Waals surface area contributed by atoms with Gasteiger partial charge in [-0.1, -0.05) is 42.5 Å². The van der Waals surface area contributed by atoms with Crippen molar-refractivity contribution in [3.63, 3.8) is 0 Å². The van der Waals surface area contributed by atoms with E-state index in [1.165, 1.54) is 7.11 Å². The van der Waals surface area contributed by atoms with Crippen LogP contribution in [-0.2, 0) is 16.1 Å². The largest absolute Gasteiger partial charge is 0.489 e. The zero-order valence-corrected chi connectivity index (χ0v) is 11.2. The number of rotatable bonds is 5. The molecule has 104 valence electrons. The first-order chi connectivity index (χ1) is 9.70. The molecule has 2 aromatic rings. The van der Waals surface area contributed by atoms with Crippen LogP contribution in [0.5, 0.6) is 5.75 Å². The minimum atomic E-state index is -1.29. The Labute approximate surface area is 117 Å². The maximum atomic E-state index is 11.3. The van der Waals surface area contributed by atoms with Gasteiger partial charge in [0.1, 0.15) is 12.4 Å². The molecule has 20 heavy (non-hydrogen) atoms. The highest BCUT2D eigenvalue weighted by Gasteiger charge is 2.18. The fourth-order valence-corrected chi connectivity index (χ4v) is 1.76. The second-order valence-electron chi connectivity index (χ2n) is 4.27. The molecule has 1 N–H and O–H groups in total.